The molecule has 1 aromatic heterocycles. The molecule has 0 aliphatic rings. The number of anilines is 1. The van der Waals surface area contributed by atoms with Crippen LogP contribution in [0.2, 0.25) is 0 Å². The smallest absolute Gasteiger partial charge is 0.0992 e. The highest BCUT2D eigenvalue weighted by Gasteiger charge is 2.01. The van der Waals surface area contributed by atoms with Crippen molar-refractivity contribution < 1.29 is 0 Å². The van der Waals surface area contributed by atoms with Gasteiger partial charge in [-0.05, 0) is 34.1 Å². The SMILES string of the molecule is N#Cc1ccc(NCCc2cnc[nH]2)c(Br)c1. The first-order chi connectivity index (χ1) is 8.29. The van der Waals surface area contributed by atoms with E-state index in [-0.39, 0.29) is 0 Å². The molecule has 1 aromatic carbocycles. The molecule has 0 saturated carbocycles. The highest BCUT2D eigenvalue weighted by atomic mass is 79.9. The minimum atomic E-state index is 0.649. The van der Waals surface area contributed by atoms with Crippen molar-refractivity contribution in [1.29, 1.82) is 5.26 Å². The quantitative estimate of drug-likeness (QED) is 0.910. The zero-order chi connectivity index (χ0) is 12.1. The van der Waals surface area contributed by atoms with Gasteiger partial charge in [-0.1, -0.05) is 0 Å². The Hall–Kier alpha value is -1.80. The molecule has 0 atom stereocenters. The molecule has 2 aromatic rings. The van der Waals surface area contributed by atoms with Crippen LogP contribution < -0.4 is 5.32 Å². The van der Waals surface area contributed by atoms with E-state index in [9.17, 15) is 0 Å². The average molecular weight is 291 g/mol. The Labute approximate surface area is 108 Å². The van der Waals surface area contributed by atoms with Crippen LogP contribution in [-0.2, 0) is 6.42 Å². The van der Waals surface area contributed by atoms with Crippen LogP contribution in [0.25, 0.3) is 0 Å². The summed E-state index contributed by atoms with van der Waals surface area (Å²) in [6.07, 6.45) is 4.37. The Kier molecular flexibility index (Phi) is 3.78. The van der Waals surface area contributed by atoms with Crippen LogP contribution in [0, 0.1) is 11.3 Å². The highest BCUT2D eigenvalue weighted by Crippen LogP contribution is 2.23. The second kappa shape index (κ2) is 5.51. The van der Waals surface area contributed by atoms with E-state index in [0.29, 0.717) is 5.56 Å². The van der Waals surface area contributed by atoms with Gasteiger partial charge in [0.25, 0.3) is 0 Å². The first-order valence-electron chi connectivity index (χ1n) is 5.20. The van der Waals surface area contributed by atoms with Crippen LogP contribution in [0.4, 0.5) is 5.69 Å². The summed E-state index contributed by atoms with van der Waals surface area (Å²) in [6.45, 7) is 0.812. The maximum absolute atomic E-state index is 8.75. The van der Waals surface area contributed by atoms with Crippen LogP contribution in [-0.4, -0.2) is 16.5 Å². The Balaban J connectivity index is 1.93. The largest absolute Gasteiger partial charge is 0.384 e. The van der Waals surface area contributed by atoms with E-state index in [1.165, 1.54) is 0 Å². The van der Waals surface area contributed by atoms with E-state index in [4.69, 9.17) is 5.26 Å². The van der Waals surface area contributed by atoms with Gasteiger partial charge in [0.2, 0.25) is 0 Å². The standard InChI is InChI=1S/C12H11BrN4/c13-11-5-9(6-14)1-2-12(11)16-4-3-10-7-15-8-17-10/h1-2,5,7-8,16H,3-4H2,(H,15,17). The molecule has 0 fully saturated rings. The summed E-state index contributed by atoms with van der Waals surface area (Å²) in [5.74, 6) is 0. The zero-order valence-corrected chi connectivity index (χ0v) is 10.7. The van der Waals surface area contributed by atoms with Gasteiger partial charge in [-0.3, -0.25) is 0 Å². The molecular formula is C12H11BrN4. The van der Waals surface area contributed by atoms with E-state index < -0.39 is 0 Å². The van der Waals surface area contributed by atoms with Gasteiger partial charge in [0.1, 0.15) is 0 Å². The second-order valence-corrected chi connectivity index (χ2v) is 4.41. The number of benzene rings is 1. The lowest BCUT2D eigenvalue weighted by Crippen LogP contribution is -2.05. The number of rotatable bonds is 4. The number of halogens is 1. The summed E-state index contributed by atoms with van der Waals surface area (Å²) in [6, 6.07) is 7.60. The van der Waals surface area contributed by atoms with Crippen molar-refractivity contribution in [3.05, 3.63) is 46.5 Å². The first kappa shape index (κ1) is 11.7. The summed E-state index contributed by atoms with van der Waals surface area (Å²) >= 11 is 3.43. The maximum atomic E-state index is 8.75. The van der Waals surface area contributed by atoms with Crippen LogP contribution >= 0.6 is 15.9 Å². The second-order valence-electron chi connectivity index (χ2n) is 3.56. The molecule has 86 valence electrons. The topological polar surface area (TPSA) is 64.5 Å². The highest BCUT2D eigenvalue weighted by molar-refractivity contribution is 9.10. The van der Waals surface area contributed by atoms with Gasteiger partial charge in [-0.15, -0.1) is 0 Å². The van der Waals surface area contributed by atoms with Crippen molar-refractivity contribution in [2.24, 2.45) is 0 Å². The number of nitrogens with one attached hydrogen (secondary N) is 2. The molecule has 4 nitrogen and oxygen atoms in total. The number of nitriles is 1. The summed E-state index contributed by atoms with van der Waals surface area (Å²) in [4.78, 5) is 7.01. The fourth-order valence-corrected chi connectivity index (χ4v) is 2.00. The monoisotopic (exact) mass is 290 g/mol. The Morgan fingerprint density at radius 3 is 3.00 bits per heavy atom. The molecule has 0 unspecified atom stereocenters. The third-order valence-corrected chi connectivity index (χ3v) is 3.02. The summed E-state index contributed by atoms with van der Waals surface area (Å²) in [7, 11) is 0. The van der Waals surface area contributed by atoms with Crippen LogP contribution in [0.3, 0.4) is 0 Å². The Morgan fingerprint density at radius 1 is 1.47 bits per heavy atom. The Bertz CT molecular complexity index is 528. The van der Waals surface area contributed by atoms with Crippen LogP contribution in [0.5, 0.6) is 0 Å². The van der Waals surface area contributed by atoms with Gasteiger partial charge in [0.05, 0.1) is 18.0 Å². The van der Waals surface area contributed by atoms with E-state index >= 15 is 0 Å². The predicted molar refractivity (Wildman–Crippen MR) is 69.6 cm³/mol. The molecular weight excluding hydrogens is 280 g/mol. The molecule has 1 heterocycles. The molecule has 0 aliphatic carbocycles. The normalized spacial score (nSPS) is 9.88. The van der Waals surface area contributed by atoms with Gasteiger partial charge in [0, 0.05) is 35.0 Å². The Morgan fingerprint density at radius 2 is 2.35 bits per heavy atom. The lowest BCUT2D eigenvalue weighted by atomic mass is 10.2. The average Bonchev–Trinajstić information content (AvgIpc) is 2.84. The van der Waals surface area contributed by atoms with Gasteiger partial charge in [0.15, 0.2) is 0 Å². The summed E-state index contributed by atoms with van der Waals surface area (Å²) in [5.41, 5.74) is 2.74. The number of imidazole rings is 1. The molecule has 5 heteroatoms. The van der Waals surface area contributed by atoms with E-state index in [2.05, 4.69) is 37.3 Å². The predicted octanol–water partition coefficient (Wildman–Crippen LogP) is 2.70. The van der Waals surface area contributed by atoms with Gasteiger partial charge in [-0.2, -0.15) is 5.26 Å². The number of H-pyrrole nitrogens is 1. The number of nitrogens with zero attached hydrogens (tertiary/aromatic N) is 2. The van der Waals surface area contributed by atoms with Crippen molar-refractivity contribution >= 4 is 21.6 Å². The molecule has 0 amide bonds. The van der Waals surface area contributed by atoms with E-state index in [0.717, 1.165) is 28.8 Å². The number of aromatic amines is 1. The van der Waals surface area contributed by atoms with Crippen molar-refractivity contribution in [2.75, 3.05) is 11.9 Å². The minimum absolute atomic E-state index is 0.649. The number of aromatic nitrogens is 2. The third kappa shape index (κ3) is 3.08. The van der Waals surface area contributed by atoms with Gasteiger partial charge < -0.3 is 10.3 Å². The molecule has 0 saturated heterocycles. The number of hydrogen-bond donors (Lipinski definition) is 2. The zero-order valence-electron chi connectivity index (χ0n) is 9.07. The lowest BCUT2D eigenvalue weighted by Gasteiger charge is -2.07. The van der Waals surface area contributed by atoms with E-state index in [1.54, 1.807) is 18.5 Å². The minimum Gasteiger partial charge on any atom is -0.384 e. The lowest BCUT2D eigenvalue weighted by molar-refractivity contribution is 0.976. The molecule has 17 heavy (non-hydrogen) atoms. The van der Waals surface area contributed by atoms with Gasteiger partial charge in [-0.25, -0.2) is 4.98 Å². The van der Waals surface area contributed by atoms with Crippen LogP contribution in [0.15, 0.2) is 35.2 Å². The van der Waals surface area contributed by atoms with E-state index in [1.807, 2.05) is 12.3 Å². The first-order valence-corrected chi connectivity index (χ1v) is 5.99. The summed E-state index contributed by atoms with van der Waals surface area (Å²) < 4.78 is 0.904. The van der Waals surface area contributed by atoms with Gasteiger partial charge >= 0.3 is 0 Å². The fourth-order valence-electron chi connectivity index (χ4n) is 1.48. The molecule has 0 spiro atoms. The molecule has 0 aliphatic heterocycles. The molecule has 0 radical (unpaired) electrons. The maximum Gasteiger partial charge on any atom is 0.0992 e. The van der Waals surface area contributed by atoms with Crippen molar-refractivity contribution in [3.63, 3.8) is 0 Å². The van der Waals surface area contributed by atoms with Crippen molar-refractivity contribution in [1.82, 2.24) is 9.97 Å². The van der Waals surface area contributed by atoms with Crippen molar-refractivity contribution in [2.45, 2.75) is 6.42 Å². The van der Waals surface area contributed by atoms with Crippen LogP contribution in [0.1, 0.15) is 11.3 Å². The summed E-state index contributed by atoms with van der Waals surface area (Å²) in [5, 5.41) is 12.1. The third-order valence-electron chi connectivity index (χ3n) is 2.36. The molecule has 0 bridgehead atoms. The molecule has 2 rings (SSSR count). The molecule has 2 N–H and O–H groups in total. The number of hydrogen-bond acceptors (Lipinski definition) is 3. The fraction of sp³-hybridized carbons (Fsp3) is 0.167. The van der Waals surface area contributed by atoms with Crippen molar-refractivity contribution in [3.8, 4) is 6.07 Å².